The van der Waals surface area contributed by atoms with Gasteiger partial charge in [0.05, 0.1) is 0 Å². The van der Waals surface area contributed by atoms with Crippen LogP contribution in [0.5, 0.6) is 0 Å². The first-order chi connectivity index (χ1) is 8.56. The summed E-state index contributed by atoms with van der Waals surface area (Å²) in [5, 5.41) is 17.5. The van der Waals surface area contributed by atoms with Gasteiger partial charge in [-0.1, -0.05) is 6.42 Å². The number of likely N-dealkylation sites (tertiary alicyclic amines) is 1. The second kappa shape index (κ2) is 7.10. The van der Waals surface area contributed by atoms with Gasteiger partial charge in [-0.2, -0.15) is 0 Å². The van der Waals surface area contributed by atoms with Gasteiger partial charge < -0.3 is 10.2 Å². The summed E-state index contributed by atoms with van der Waals surface area (Å²) in [5.74, 6) is -1.21. The molecule has 1 rings (SSSR count). The highest BCUT2D eigenvalue weighted by atomic mass is 16.4. The van der Waals surface area contributed by atoms with Gasteiger partial charge in [-0.15, -0.1) is 0 Å². The molecular weight excluding hydrogens is 238 g/mol. The quantitative estimate of drug-likeness (QED) is 0.488. The number of carbonyl (C=O) groups excluding carboxylic acids is 2. The minimum absolute atomic E-state index is 0.0827. The summed E-state index contributed by atoms with van der Waals surface area (Å²) < 4.78 is 0. The predicted molar refractivity (Wildman–Crippen MR) is 62.7 cm³/mol. The number of nitrogens with zero attached hydrogens (tertiary/aromatic N) is 1. The molecular formula is C12H19NO5. The van der Waals surface area contributed by atoms with Crippen LogP contribution in [0.4, 0.5) is 0 Å². The molecule has 0 aromatic rings. The van der Waals surface area contributed by atoms with Crippen molar-refractivity contribution in [1.82, 2.24) is 4.90 Å². The molecule has 0 spiro atoms. The summed E-state index contributed by atoms with van der Waals surface area (Å²) in [5.41, 5.74) is 0. The topological polar surface area (TPSA) is 94.9 Å². The molecule has 102 valence electrons. The highest BCUT2D eigenvalue weighted by molar-refractivity contribution is 6.02. The van der Waals surface area contributed by atoms with Crippen LogP contribution in [0.3, 0.4) is 0 Å². The van der Waals surface area contributed by atoms with E-state index >= 15 is 0 Å². The Morgan fingerprint density at radius 1 is 1.17 bits per heavy atom. The summed E-state index contributed by atoms with van der Waals surface area (Å²) in [6.07, 6.45) is 2.66. The third-order valence-corrected chi connectivity index (χ3v) is 3.10. The molecule has 1 aliphatic rings. The van der Waals surface area contributed by atoms with E-state index in [-0.39, 0.29) is 43.7 Å². The zero-order valence-corrected chi connectivity index (χ0v) is 10.3. The van der Waals surface area contributed by atoms with E-state index in [0.29, 0.717) is 25.7 Å². The summed E-state index contributed by atoms with van der Waals surface area (Å²) >= 11 is 0. The molecule has 1 saturated heterocycles. The van der Waals surface area contributed by atoms with Gasteiger partial charge in [0, 0.05) is 31.9 Å². The van der Waals surface area contributed by atoms with Crippen molar-refractivity contribution in [3.63, 3.8) is 0 Å². The van der Waals surface area contributed by atoms with Gasteiger partial charge in [0.25, 0.3) is 0 Å². The first-order valence-corrected chi connectivity index (χ1v) is 6.23. The lowest BCUT2D eigenvalue weighted by Gasteiger charge is -2.25. The maximum atomic E-state index is 11.6. The van der Waals surface area contributed by atoms with Gasteiger partial charge in [0.2, 0.25) is 11.8 Å². The fraction of sp³-hybridized carbons (Fsp3) is 0.750. The van der Waals surface area contributed by atoms with Crippen LogP contribution in [-0.4, -0.2) is 45.5 Å². The number of hydrogen-bond donors (Lipinski definition) is 2. The Kier molecular flexibility index (Phi) is 5.77. The molecule has 0 aliphatic carbocycles. The molecule has 0 bridgehead atoms. The molecule has 0 aromatic heterocycles. The van der Waals surface area contributed by atoms with Crippen LogP contribution >= 0.6 is 0 Å². The number of amides is 2. The average molecular weight is 257 g/mol. The Morgan fingerprint density at radius 3 is 2.28 bits per heavy atom. The van der Waals surface area contributed by atoms with E-state index in [0.717, 1.165) is 0 Å². The van der Waals surface area contributed by atoms with E-state index in [1.165, 1.54) is 4.90 Å². The number of unbranched alkanes of at least 4 members (excludes halogenated alkanes) is 1. The lowest BCUT2D eigenvalue weighted by atomic mass is 10.0. The molecule has 0 aromatic carbocycles. The molecule has 1 aliphatic heterocycles. The van der Waals surface area contributed by atoms with Crippen molar-refractivity contribution < 1.29 is 24.6 Å². The Balaban J connectivity index is 2.46. The third-order valence-electron chi connectivity index (χ3n) is 3.10. The minimum atomic E-state index is -0.845. The highest BCUT2D eigenvalue weighted by Crippen LogP contribution is 2.21. The van der Waals surface area contributed by atoms with Gasteiger partial charge in [-0.25, -0.2) is 0 Å². The Morgan fingerprint density at radius 2 is 1.78 bits per heavy atom. The fourth-order valence-corrected chi connectivity index (χ4v) is 2.21. The summed E-state index contributed by atoms with van der Waals surface area (Å²) in [6, 6.07) is -0.286. The molecule has 18 heavy (non-hydrogen) atoms. The van der Waals surface area contributed by atoms with E-state index in [1.807, 2.05) is 0 Å². The molecule has 1 fully saturated rings. The molecule has 0 saturated carbocycles. The highest BCUT2D eigenvalue weighted by Gasteiger charge is 2.34. The smallest absolute Gasteiger partial charge is 0.303 e. The van der Waals surface area contributed by atoms with Crippen LogP contribution in [0.2, 0.25) is 0 Å². The first kappa shape index (κ1) is 14.6. The van der Waals surface area contributed by atoms with Crippen molar-refractivity contribution >= 4 is 17.8 Å². The number of aliphatic hydroxyl groups is 1. The number of aliphatic carboxylic acids is 1. The molecule has 2 amide bonds. The van der Waals surface area contributed by atoms with Crippen LogP contribution in [0, 0.1) is 0 Å². The lowest BCUT2D eigenvalue weighted by molar-refractivity contribution is -0.142. The number of aliphatic hydroxyl groups excluding tert-OH is 1. The molecule has 1 unspecified atom stereocenters. The third kappa shape index (κ3) is 4.10. The van der Waals surface area contributed by atoms with Crippen LogP contribution in [-0.2, 0) is 14.4 Å². The van der Waals surface area contributed by atoms with Crippen molar-refractivity contribution in [3.05, 3.63) is 0 Å². The van der Waals surface area contributed by atoms with Crippen LogP contribution < -0.4 is 0 Å². The average Bonchev–Trinajstić information content (AvgIpc) is 2.63. The summed E-state index contributed by atoms with van der Waals surface area (Å²) in [7, 11) is 0. The van der Waals surface area contributed by atoms with Gasteiger partial charge in [0.15, 0.2) is 0 Å². The van der Waals surface area contributed by atoms with Gasteiger partial charge >= 0.3 is 5.97 Å². The second-order valence-corrected chi connectivity index (χ2v) is 4.46. The monoisotopic (exact) mass is 257 g/mol. The van der Waals surface area contributed by atoms with Gasteiger partial charge in [0.1, 0.15) is 0 Å². The molecule has 6 heteroatoms. The number of hydrogen-bond acceptors (Lipinski definition) is 4. The van der Waals surface area contributed by atoms with Crippen molar-refractivity contribution in [2.75, 3.05) is 6.61 Å². The van der Waals surface area contributed by atoms with Crippen LogP contribution in [0.1, 0.15) is 44.9 Å². The Labute approximate surface area is 106 Å². The Hall–Kier alpha value is -1.43. The van der Waals surface area contributed by atoms with Gasteiger partial charge in [-0.05, 0) is 19.3 Å². The van der Waals surface area contributed by atoms with Crippen LogP contribution in [0.25, 0.3) is 0 Å². The maximum absolute atomic E-state index is 11.6. The second-order valence-electron chi connectivity index (χ2n) is 4.46. The molecule has 1 heterocycles. The standard InChI is InChI=1S/C12H19NO5/c14-8-7-9(3-1-2-4-12(17)18)13-10(15)5-6-11(13)16/h9,14H,1-8H2,(H,17,18). The zero-order chi connectivity index (χ0) is 13.5. The first-order valence-electron chi connectivity index (χ1n) is 6.23. The largest absolute Gasteiger partial charge is 0.481 e. The summed E-state index contributed by atoms with van der Waals surface area (Å²) in [6.45, 7) is -0.0827. The van der Waals surface area contributed by atoms with Crippen molar-refractivity contribution in [2.24, 2.45) is 0 Å². The normalized spacial score (nSPS) is 17.3. The van der Waals surface area contributed by atoms with Crippen LogP contribution in [0.15, 0.2) is 0 Å². The van der Waals surface area contributed by atoms with Gasteiger partial charge in [-0.3, -0.25) is 19.3 Å². The maximum Gasteiger partial charge on any atom is 0.303 e. The minimum Gasteiger partial charge on any atom is -0.481 e. The Bertz CT molecular complexity index is 312. The number of carboxylic acids is 1. The predicted octanol–water partition coefficient (Wildman–Crippen LogP) is 0.531. The number of imide groups is 1. The molecule has 0 radical (unpaired) electrons. The number of carbonyl (C=O) groups is 3. The molecule has 1 atom stereocenters. The fourth-order valence-electron chi connectivity index (χ4n) is 2.21. The molecule has 2 N–H and O–H groups in total. The van der Waals surface area contributed by atoms with E-state index in [9.17, 15) is 14.4 Å². The summed E-state index contributed by atoms with van der Waals surface area (Å²) in [4.78, 5) is 34.8. The van der Waals surface area contributed by atoms with E-state index in [2.05, 4.69) is 0 Å². The van der Waals surface area contributed by atoms with E-state index < -0.39 is 5.97 Å². The number of carboxylic acid groups (broad SMARTS) is 1. The van der Waals surface area contributed by atoms with Crippen molar-refractivity contribution in [1.29, 1.82) is 0 Å². The number of rotatable bonds is 8. The lowest BCUT2D eigenvalue weighted by Crippen LogP contribution is -2.40. The zero-order valence-electron chi connectivity index (χ0n) is 10.3. The van der Waals surface area contributed by atoms with Crippen molar-refractivity contribution in [2.45, 2.75) is 51.0 Å². The SMILES string of the molecule is O=C(O)CCCCC(CCO)N1C(=O)CCC1=O. The van der Waals surface area contributed by atoms with E-state index in [4.69, 9.17) is 10.2 Å². The molecule has 6 nitrogen and oxygen atoms in total. The van der Waals surface area contributed by atoms with Crippen molar-refractivity contribution in [3.8, 4) is 0 Å². The van der Waals surface area contributed by atoms with E-state index in [1.54, 1.807) is 0 Å².